The molecule has 0 rings (SSSR count). The first-order valence-corrected chi connectivity index (χ1v) is 36.0. The third-order valence-electron chi connectivity index (χ3n) is 15.1. The van der Waals surface area contributed by atoms with E-state index < -0.39 is 24.3 Å². The highest BCUT2D eigenvalue weighted by molar-refractivity contribution is 5.71. The molecule has 0 aromatic carbocycles. The number of rotatable bonds is 65. The van der Waals surface area contributed by atoms with Crippen LogP contribution < -0.4 is 0 Å². The van der Waals surface area contributed by atoms with Crippen molar-refractivity contribution < 1.29 is 42.9 Å². The Morgan fingerprint density at radius 1 is 0.348 bits per heavy atom. The number of nitrogens with zero attached hydrogens (tertiary/aromatic N) is 1. The third-order valence-corrected chi connectivity index (χ3v) is 15.1. The van der Waals surface area contributed by atoms with E-state index in [1.165, 1.54) is 135 Å². The fraction of sp³-hybridized carbons (Fsp3) is 0.662. The van der Waals surface area contributed by atoms with E-state index in [9.17, 15) is 19.5 Å². The van der Waals surface area contributed by atoms with Crippen LogP contribution in [0, 0.1) is 0 Å². The van der Waals surface area contributed by atoms with Crippen molar-refractivity contribution in [2.45, 2.75) is 296 Å². The number of esters is 2. The average molecular weight is 1240 g/mol. The zero-order valence-electron chi connectivity index (χ0n) is 57.8. The SMILES string of the molecule is CC/C=C\C/C=C\C/C=C\C/C=C\C/C=C\C/C=C\C/C=C\C/C=C\C/C=C\C/C=C\C/C=C\CCCCCCCCCC(=O)OC(COC(=O)CCCCCCCCCCCCC/C=C\CCCCCCCCCC)COC(OCC[N+](C)(C)C)C(=O)O. The van der Waals surface area contributed by atoms with Gasteiger partial charge in [0.2, 0.25) is 0 Å². The Hall–Kier alpha value is -4.83. The average Bonchev–Trinajstić information content (AvgIpc) is 3.64. The van der Waals surface area contributed by atoms with Crippen LogP contribution in [0.5, 0.6) is 0 Å². The highest BCUT2D eigenvalue weighted by atomic mass is 16.7. The number of carboxylic acid groups (broad SMARTS) is 1. The molecule has 2 unspecified atom stereocenters. The predicted molar refractivity (Wildman–Crippen MR) is 382 cm³/mol. The van der Waals surface area contributed by atoms with Gasteiger partial charge in [-0.25, -0.2) is 4.79 Å². The second kappa shape index (κ2) is 69.1. The summed E-state index contributed by atoms with van der Waals surface area (Å²) in [4.78, 5) is 37.6. The lowest BCUT2D eigenvalue weighted by atomic mass is 10.0. The minimum Gasteiger partial charge on any atom is -0.477 e. The lowest BCUT2D eigenvalue weighted by Gasteiger charge is -2.25. The molecular weight excluding hydrogens is 1100 g/mol. The van der Waals surface area contributed by atoms with Crippen LogP contribution in [0.25, 0.3) is 0 Å². The Labute approximate surface area is 547 Å². The number of hydrogen-bond donors (Lipinski definition) is 1. The van der Waals surface area contributed by atoms with E-state index in [1.54, 1.807) is 0 Å². The van der Waals surface area contributed by atoms with E-state index in [4.69, 9.17) is 18.9 Å². The molecule has 0 spiro atoms. The van der Waals surface area contributed by atoms with Gasteiger partial charge in [-0.1, -0.05) is 295 Å². The largest absolute Gasteiger partial charge is 0.477 e. The number of unbranched alkanes of at least 4 members (excludes halogenated alkanes) is 26. The van der Waals surface area contributed by atoms with Gasteiger partial charge in [0.1, 0.15) is 13.2 Å². The van der Waals surface area contributed by atoms with E-state index in [0.29, 0.717) is 23.9 Å². The number of carboxylic acids is 1. The molecule has 0 saturated carbocycles. The maximum atomic E-state index is 12.9. The summed E-state index contributed by atoms with van der Waals surface area (Å²) in [5, 5.41) is 9.75. The first-order chi connectivity index (χ1) is 43.6. The van der Waals surface area contributed by atoms with Gasteiger partial charge in [-0.3, -0.25) is 9.59 Å². The van der Waals surface area contributed by atoms with E-state index in [2.05, 4.69) is 160 Å². The predicted octanol–water partition coefficient (Wildman–Crippen LogP) is 22.7. The summed E-state index contributed by atoms with van der Waals surface area (Å²) in [6.07, 6.45) is 98.1. The van der Waals surface area contributed by atoms with Crippen molar-refractivity contribution >= 4 is 17.9 Å². The van der Waals surface area contributed by atoms with Gasteiger partial charge in [0, 0.05) is 12.8 Å². The van der Waals surface area contributed by atoms with Crippen molar-refractivity contribution in [3.8, 4) is 0 Å². The van der Waals surface area contributed by atoms with E-state index >= 15 is 0 Å². The number of allylic oxidation sites excluding steroid dienone is 24. The molecule has 0 radical (unpaired) electrons. The number of likely N-dealkylation sites (N-methyl/N-ethyl adjacent to an activating group) is 1. The number of aliphatic carboxylic acids is 1. The number of quaternary nitrogens is 1. The molecule has 0 aromatic rings. The fourth-order valence-electron chi connectivity index (χ4n) is 9.60. The molecule has 89 heavy (non-hydrogen) atoms. The molecule has 0 heterocycles. The Bertz CT molecular complexity index is 1970. The molecule has 0 saturated heterocycles. The Morgan fingerprint density at radius 3 is 0.966 bits per heavy atom. The Morgan fingerprint density at radius 2 is 0.640 bits per heavy atom. The van der Waals surface area contributed by atoms with Gasteiger partial charge in [-0.05, 0) is 122 Å². The van der Waals surface area contributed by atoms with Gasteiger partial charge < -0.3 is 28.5 Å². The van der Waals surface area contributed by atoms with Gasteiger partial charge in [0.15, 0.2) is 6.10 Å². The Kier molecular flexibility index (Phi) is 65.3. The summed E-state index contributed by atoms with van der Waals surface area (Å²) in [6.45, 7) is 4.76. The van der Waals surface area contributed by atoms with Crippen LogP contribution in [-0.2, 0) is 33.3 Å². The quantitative estimate of drug-likeness (QED) is 0.0211. The molecule has 0 aliphatic heterocycles. The molecule has 9 nitrogen and oxygen atoms in total. The molecule has 0 fully saturated rings. The van der Waals surface area contributed by atoms with Crippen molar-refractivity contribution in [1.82, 2.24) is 0 Å². The maximum absolute atomic E-state index is 12.9. The van der Waals surface area contributed by atoms with Crippen molar-refractivity contribution in [2.24, 2.45) is 0 Å². The summed E-state index contributed by atoms with van der Waals surface area (Å²) < 4.78 is 23.0. The molecular formula is C80H134NO8+. The lowest BCUT2D eigenvalue weighted by Crippen LogP contribution is -2.40. The number of carbonyl (C=O) groups excluding carboxylic acids is 2. The molecule has 506 valence electrons. The summed E-state index contributed by atoms with van der Waals surface area (Å²) in [5.41, 5.74) is 0. The van der Waals surface area contributed by atoms with E-state index in [0.717, 1.165) is 116 Å². The van der Waals surface area contributed by atoms with Crippen LogP contribution >= 0.6 is 0 Å². The van der Waals surface area contributed by atoms with Crippen LogP contribution in [0.2, 0.25) is 0 Å². The number of carbonyl (C=O) groups is 3. The zero-order valence-corrected chi connectivity index (χ0v) is 57.8. The minimum absolute atomic E-state index is 0.179. The van der Waals surface area contributed by atoms with E-state index in [1.807, 2.05) is 21.1 Å². The van der Waals surface area contributed by atoms with Crippen molar-refractivity contribution in [3.63, 3.8) is 0 Å². The summed E-state index contributed by atoms with van der Waals surface area (Å²) in [7, 11) is 5.97. The van der Waals surface area contributed by atoms with Crippen molar-refractivity contribution in [3.05, 3.63) is 146 Å². The van der Waals surface area contributed by atoms with Gasteiger partial charge >= 0.3 is 17.9 Å². The number of hydrogen-bond acceptors (Lipinski definition) is 7. The van der Waals surface area contributed by atoms with Gasteiger partial charge in [-0.15, -0.1) is 0 Å². The van der Waals surface area contributed by atoms with Gasteiger partial charge in [0.05, 0.1) is 34.4 Å². The number of ether oxygens (including phenoxy) is 4. The summed E-state index contributed by atoms with van der Waals surface area (Å²) in [6, 6.07) is 0. The lowest BCUT2D eigenvalue weighted by molar-refractivity contribution is -0.870. The first-order valence-electron chi connectivity index (χ1n) is 36.0. The molecule has 0 aliphatic carbocycles. The first kappa shape index (κ1) is 84.2. The van der Waals surface area contributed by atoms with E-state index in [-0.39, 0.29) is 32.2 Å². The highest BCUT2D eigenvalue weighted by Crippen LogP contribution is 2.16. The molecule has 9 heteroatoms. The van der Waals surface area contributed by atoms with Crippen LogP contribution in [0.15, 0.2) is 146 Å². The normalized spacial score (nSPS) is 13.6. The van der Waals surface area contributed by atoms with Crippen LogP contribution in [0.1, 0.15) is 284 Å². The highest BCUT2D eigenvalue weighted by Gasteiger charge is 2.25. The zero-order chi connectivity index (χ0) is 64.7. The maximum Gasteiger partial charge on any atom is 0.361 e. The van der Waals surface area contributed by atoms with Gasteiger partial charge in [0.25, 0.3) is 6.29 Å². The van der Waals surface area contributed by atoms with Gasteiger partial charge in [-0.2, -0.15) is 0 Å². The minimum atomic E-state index is -1.52. The molecule has 2 atom stereocenters. The van der Waals surface area contributed by atoms with Crippen LogP contribution in [0.3, 0.4) is 0 Å². The molecule has 1 N–H and O–H groups in total. The molecule has 0 amide bonds. The smallest absolute Gasteiger partial charge is 0.361 e. The fourth-order valence-corrected chi connectivity index (χ4v) is 9.60. The molecule has 0 aromatic heterocycles. The second-order valence-corrected chi connectivity index (χ2v) is 24.8. The molecule has 0 aliphatic rings. The monoisotopic (exact) mass is 1240 g/mol. The second-order valence-electron chi connectivity index (χ2n) is 24.8. The van der Waals surface area contributed by atoms with Crippen LogP contribution in [0.4, 0.5) is 0 Å². The summed E-state index contributed by atoms with van der Waals surface area (Å²) in [5.74, 6) is -2.03. The Balaban J connectivity index is 4.18. The van der Waals surface area contributed by atoms with Crippen LogP contribution in [-0.4, -0.2) is 87.4 Å². The standard InChI is InChI=1S/C80H133NO8/c1-6-8-10-12-14-16-18-20-22-24-26-28-30-31-32-33-34-35-36-37-38-39-40-41-42-43-44-45-46-47-49-51-53-55-57-59-61-63-65-67-69-71-78(83)89-76(75-88-80(79(84)85)86-73-72-81(3,4)5)74-87-77(82)70-68-66-64-62-60-58-56-54-52-50-48-29-27-25-23-21-19-17-15-13-11-9-7-2/h8,10,14,16,20,22,25-28,31-32,34-35,37-38,40-41,43-44,46-47,51,53,76,80H,6-7,9,11-13,15,17-19,21,23-24,29-30,33,36,39,42,45,48-50,52,54-75H2,1-5H3/p+1/b10-8-,16-14-,22-20-,27-25-,28-26-,32-31-,35-34-,38-37-,41-40-,44-43-,47-46-,53-51-. The summed E-state index contributed by atoms with van der Waals surface area (Å²) >= 11 is 0. The third kappa shape index (κ3) is 70.5. The van der Waals surface area contributed by atoms with Crippen molar-refractivity contribution in [1.29, 1.82) is 0 Å². The van der Waals surface area contributed by atoms with Crippen molar-refractivity contribution in [2.75, 3.05) is 47.5 Å². The topological polar surface area (TPSA) is 108 Å². The molecule has 0 bridgehead atoms.